The third-order valence-corrected chi connectivity index (χ3v) is 5.22. The van der Waals surface area contributed by atoms with Crippen molar-refractivity contribution >= 4 is 27.3 Å². The van der Waals surface area contributed by atoms with Gasteiger partial charge < -0.3 is 4.90 Å². The molecule has 1 heterocycles. The van der Waals surface area contributed by atoms with E-state index in [1.54, 1.807) is 0 Å². The van der Waals surface area contributed by atoms with Crippen LogP contribution in [0.1, 0.15) is 6.42 Å². The van der Waals surface area contributed by atoms with Gasteiger partial charge in [-0.3, -0.25) is 10.1 Å². The van der Waals surface area contributed by atoms with Gasteiger partial charge in [0.15, 0.2) is 0 Å². The Hall–Kier alpha value is -1.22. The summed E-state index contributed by atoms with van der Waals surface area (Å²) in [6, 6.07) is 3.46. The predicted molar refractivity (Wildman–Crippen MR) is 78.9 cm³/mol. The fourth-order valence-corrected chi connectivity index (χ4v) is 3.63. The van der Waals surface area contributed by atoms with Gasteiger partial charge in [0.2, 0.25) is 10.0 Å². The fraction of sp³-hybridized carbons (Fsp3) is 0.500. The molecule has 1 aromatic carbocycles. The molecule has 1 aliphatic rings. The maximum absolute atomic E-state index is 12.2. The highest BCUT2D eigenvalue weighted by atomic mass is 35.5. The molecule has 2 rings (SSSR count). The van der Waals surface area contributed by atoms with Gasteiger partial charge in [0, 0.05) is 19.2 Å². The van der Waals surface area contributed by atoms with Crippen LogP contribution in [0.5, 0.6) is 0 Å². The Morgan fingerprint density at radius 1 is 1.52 bits per heavy atom. The smallest absolute Gasteiger partial charge is 0.289 e. The summed E-state index contributed by atoms with van der Waals surface area (Å²) >= 11 is 5.68. The highest BCUT2D eigenvalue weighted by molar-refractivity contribution is 7.89. The highest BCUT2D eigenvalue weighted by Crippen LogP contribution is 2.27. The number of hydrogen-bond acceptors (Lipinski definition) is 5. The van der Waals surface area contributed by atoms with Gasteiger partial charge in [0.25, 0.3) is 5.69 Å². The summed E-state index contributed by atoms with van der Waals surface area (Å²) in [5.41, 5.74) is -0.417. The summed E-state index contributed by atoms with van der Waals surface area (Å²) in [4.78, 5) is 12.1. The van der Waals surface area contributed by atoms with Crippen LogP contribution in [0.2, 0.25) is 5.02 Å². The largest absolute Gasteiger partial charge is 0.306 e. The number of benzene rings is 1. The molecule has 0 saturated carbocycles. The van der Waals surface area contributed by atoms with E-state index in [0.29, 0.717) is 6.54 Å². The van der Waals surface area contributed by atoms with Crippen LogP contribution in [-0.4, -0.2) is 44.9 Å². The molecule has 1 fully saturated rings. The number of nitrogens with one attached hydrogen (secondary N) is 1. The minimum atomic E-state index is -3.77. The van der Waals surface area contributed by atoms with Crippen LogP contribution in [0.15, 0.2) is 23.1 Å². The molecule has 1 atom stereocenters. The Morgan fingerprint density at radius 3 is 2.81 bits per heavy atom. The monoisotopic (exact) mass is 333 g/mol. The Balaban J connectivity index is 2.12. The van der Waals surface area contributed by atoms with Crippen molar-refractivity contribution in [3.63, 3.8) is 0 Å². The zero-order valence-corrected chi connectivity index (χ0v) is 13.0. The van der Waals surface area contributed by atoms with E-state index in [1.807, 2.05) is 7.05 Å². The first-order chi connectivity index (χ1) is 9.79. The number of sulfonamides is 1. The van der Waals surface area contributed by atoms with E-state index in [9.17, 15) is 18.5 Å². The molecule has 1 aromatic rings. The Morgan fingerprint density at radius 2 is 2.24 bits per heavy atom. The van der Waals surface area contributed by atoms with Crippen LogP contribution >= 0.6 is 11.6 Å². The quantitative estimate of drug-likeness (QED) is 0.650. The van der Waals surface area contributed by atoms with Gasteiger partial charge in [-0.05, 0) is 38.1 Å². The molecule has 0 bridgehead atoms. The molecule has 0 aromatic heterocycles. The van der Waals surface area contributed by atoms with Gasteiger partial charge in [-0.2, -0.15) is 0 Å². The minimum Gasteiger partial charge on any atom is -0.306 e. The number of nitro benzene ring substituents is 1. The van der Waals surface area contributed by atoms with Crippen LogP contribution in [-0.2, 0) is 10.0 Å². The van der Waals surface area contributed by atoms with Gasteiger partial charge in [-0.15, -0.1) is 0 Å². The van der Waals surface area contributed by atoms with Crippen LogP contribution in [0.25, 0.3) is 0 Å². The average Bonchev–Trinajstić information content (AvgIpc) is 2.82. The number of nitro groups is 1. The third-order valence-electron chi connectivity index (χ3n) is 3.48. The van der Waals surface area contributed by atoms with Crippen molar-refractivity contribution in [3.05, 3.63) is 33.3 Å². The second-order valence-electron chi connectivity index (χ2n) is 5.14. The number of likely N-dealkylation sites (tertiary alicyclic amines) is 1. The first-order valence-electron chi connectivity index (χ1n) is 6.42. The predicted octanol–water partition coefficient (Wildman–Crippen LogP) is 1.48. The molecule has 9 heteroatoms. The first-order valence-corrected chi connectivity index (χ1v) is 8.28. The van der Waals surface area contributed by atoms with Gasteiger partial charge in [0.05, 0.1) is 9.82 Å². The number of halogens is 1. The molecule has 1 unspecified atom stereocenters. The molecule has 1 aliphatic heterocycles. The molecular weight excluding hydrogens is 318 g/mol. The molecule has 0 spiro atoms. The number of rotatable bonds is 5. The Kier molecular flexibility index (Phi) is 4.82. The van der Waals surface area contributed by atoms with Crippen molar-refractivity contribution in [2.24, 2.45) is 5.92 Å². The standard InChI is InChI=1S/C12H16ClN3O4S/c1-15-5-4-9(8-15)7-14-21(19,20)10-2-3-11(13)12(6-10)16(17)18/h2-3,6,9,14H,4-5,7-8H2,1H3. The van der Waals surface area contributed by atoms with E-state index >= 15 is 0 Å². The van der Waals surface area contributed by atoms with E-state index in [1.165, 1.54) is 12.1 Å². The number of nitrogens with zero attached hydrogens (tertiary/aromatic N) is 2. The van der Waals surface area contributed by atoms with E-state index in [-0.39, 0.29) is 15.8 Å². The van der Waals surface area contributed by atoms with Crippen molar-refractivity contribution < 1.29 is 13.3 Å². The Bertz CT molecular complexity index is 650. The summed E-state index contributed by atoms with van der Waals surface area (Å²) < 4.78 is 26.8. The summed E-state index contributed by atoms with van der Waals surface area (Å²) in [6.45, 7) is 2.10. The second kappa shape index (κ2) is 6.27. The summed E-state index contributed by atoms with van der Waals surface area (Å²) in [5, 5.41) is 10.7. The van der Waals surface area contributed by atoms with Crippen molar-refractivity contribution in [2.45, 2.75) is 11.3 Å². The molecule has 21 heavy (non-hydrogen) atoms. The second-order valence-corrected chi connectivity index (χ2v) is 7.31. The van der Waals surface area contributed by atoms with Gasteiger partial charge in [0.1, 0.15) is 5.02 Å². The molecule has 0 aliphatic carbocycles. The lowest BCUT2D eigenvalue weighted by Gasteiger charge is -2.12. The lowest BCUT2D eigenvalue weighted by atomic mass is 10.1. The van der Waals surface area contributed by atoms with Crippen molar-refractivity contribution in [1.82, 2.24) is 9.62 Å². The third kappa shape index (κ3) is 3.91. The van der Waals surface area contributed by atoms with E-state index < -0.39 is 20.6 Å². The zero-order valence-electron chi connectivity index (χ0n) is 11.5. The minimum absolute atomic E-state index is 0.0867. The molecule has 116 valence electrons. The summed E-state index contributed by atoms with van der Waals surface area (Å²) in [5.74, 6) is 0.257. The van der Waals surface area contributed by atoms with Gasteiger partial charge >= 0.3 is 0 Å². The van der Waals surface area contributed by atoms with Crippen molar-refractivity contribution in [2.75, 3.05) is 26.7 Å². The van der Waals surface area contributed by atoms with E-state index in [4.69, 9.17) is 11.6 Å². The van der Waals surface area contributed by atoms with Gasteiger partial charge in [-0.1, -0.05) is 11.6 Å². The molecule has 0 radical (unpaired) electrons. The lowest BCUT2D eigenvalue weighted by molar-refractivity contribution is -0.384. The fourth-order valence-electron chi connectivity index (χ4n) is 2.30. The molecule has 7 nitrogen and oxygen atoms in total. The number of hydrogen-bond donors (Lipinski definition) is 1. The van der Waals surface area contributed by atoms with E-state index in [0.717, 1.165) is 25.6 Å². The van der Waals surface area contributed by atoms with E-state index in [2.05, 4.69) is 9.62 Å². The maximum atomic E-state index is 12.2. The topological polar surface area (TPSA) is 92.6 Å². The van der Waals surface area contributed by atoms with Crippen LogP contribution < -0.4 is 4.72 Å². The summed E-state index contributed by atoms with van der Waals surface area (Å²) in [6.07, 6.45) is 0.930. The van der Waals surface area contributed by atoms with Crippen LogP contribution in [0.4, 0.5) is 5.69 Å². The molecule has 1 saturated heterocycles. The van der Waals surface area contributed by atoms with Crippen LogP contribution in [0, 0.1) is 16.0 Å². The Labute approximate surface area is 128 Å². The molecular formula is C12H16ClN3O4S. The van der Waals surface area contributed by atoms with Crippen LogP contribution in [0.3, 0.4) is 0 Å². The summed E-state index contributed by atoms with van der Waals surface area (Å²) in [7, 11) is -1.79. The SMILES string of the molecule is CN1CCC(CNS(=O)(=O)c2ccc(Cl)c([N+](=O)[O-])c2)C1. The highest BCUT2D eigenvalue weighted by Gasteiger charge is 2.24. The molecule has 0 amide bonds. The normalized spacial score (nSPS) is 19.8. The van der Waals surface area contributed by atoms with Crippen molar-refractivity contribution in [3.8, 4) is 0 Å². The van der Waals surface area contributed by atoms with Gasteiger partial charge in [-0.25, -0.2) is 13.1 Å². The molecule has 1 N–H and O–H groups in total. The van der Waals surface area contributed by atoms with Crippen molar-refractivity contribution in [1.29, 1.82) is 0 Å². The maximum Gasteiger partial charge on any atom is 0.289 e. The lowest BCUT2D eigenvalue weighted by Crippen LogP contribution is -2.30. The average molecular weight is 334 g/mol. The zero-order chi connectivity index (χ0) is 15.6. The first kappa shape index (κ1) is 16.2.